The van der Waals surface area contributed by atoms with E-state index in [1.54, 1.807) is 11.3 Å². The number of aromatic amines is 1. The minimum Gasteiger partial charge on any atom is -0.379 e. The Hall–Kier alpha value is -1.69. The highest BCUT2D eigenvalue weighted by Crippen LogP contribution is 2.31. The fourth-order valence-corrected chi connectivity index (χ4v) is 3.58. The first-order chi connectivity index (χ1) is 10.4. The molecule has 4 rings (SSSR count). The van der Waals surface area contributed by atoms with Crippen molar-refractivity contribution in [3.8, 4) is 10.6 Å². The van der Waals surface area contributed by atoms with Crippen molar-refractivity contribution in [2.75, 3.05) is 26.3 Å². The van der Waals surface area contributed by atoms with Gasteiger partial charge in [-0.15, -0.1) is 11.3 Å². The average molecular weight is 299 g/mol. The number of fused-ring (bicyclic) bond motifs is 1. The molecule has 1 N–H and O–H groups in total. The van der Waals surface area contributed by atoms with Crippen LogP contribution in [0, 0.1) is 0 Å². The predicted molar refractivity (Wildman–Crippen MR) is 85.5 cm³/mol. The molecule has 0 unspecified atom stereocenters. The molecule has 0 amide bonds. The molecule has 0 saturated carbocycles. The first-order valence-electron chi connectivity index (χ1n) is 7.21. The van der Waals surface area contributed by atoms with Crippen LogP contribution >= 0.6 is 11.3 Å². The van der Waals surface area contributed by atoms with Crippen molar-refractivity contribution in [2.24, 2.45) is 0 Å². The van der Waals surface area contributed by atoms with Gasteiger partial charge in [0, 0.05) is 47.7 Å². The van der Waals surface area contributed by atoms with E-state index in [1.807, 2.05) is 6.07 Å². The largest absolute Gasteiger partial charge is 0.379 e. The van der Waals surface area contributed by atoms with E-state index in [-0.39, 0.29) is 0 Å². The summed E-state index contributed by atoms with van der Waals surface area (Å²) in [6, 6.07) is 8.36. The van der Waals surface area contributed by atoms with Gasteiger partial charge in [-0.05, 0) is 6.07 Å². The zero-order valence-corrected chi connectivity index (χ0v) is 12.5. The summed E-state index contributed by atoms with van der Waals surface area (Å²) < 4.78 is 5.39. The predicted octanol–water partition coefficient (Wildman–Crippen LogP) is 3.12. The van der Waals surface area contributed by atoms with E-state index in [1.165, 1.54) is 10.9 Å². The van der Waals surface area contributed by atoms with E-state index in [0.29, 0.717) is 0 Å². The van der Waals surface area contributed by atoms with Crippen LogP contribution in [0.4, 0.5) is 0 Å². The van der Waals surface area contributed by atoms with Gasteiger partial charge in [0.25, 0.3) is 0 Å². The molecule has 1 fully saturated rings. The highest BCUT2D eigenvalue weighted by Gasteiger charge is 2.14. The first kappa shape index (κ1) is 13.0. The van der Waals surface area contributed by atoms with Crippen molar-refractivity contribution in [1.82, 2.24) is 14.9 Å². The molecular weight excluding hydrogens is 282 g/mol. The molecule has 108 valence electrons. The minimum atomic E-state index is 0.833. The third-order valence-electron chi connectivity index (χ3n) is 3.86. The molecule has 0 radical (unpaired) electrons. The van der Waals surface area contributed by atoms with Crippen LogP contribution in [0.15, 0.2) is 35.8 Å². The zero-order chi connectivity index (χ0) is 14.1. The molecule has 0 atom stereocenters. The van der Waals surface area contributed by atoms with Gasteiger partial charge >= 0.3 is 0 Å². The van der Waals surface area contributed by atoms with Crippen LogP contribution in [0.2, 0.25) is 0 Å². The molecule has 1 aliphatic rings. The third-order valence-corrected chi connectivity index (χ3v) is 4.79. The van der Waals surface area contributed by atoms with Crippen molar-refractivity contribution in [3.63, 3.8) is 0 Å². The van der Waals surface area contributed by atoms with Crippen LogP contribution in [0.25, 0.3) is 21.5 Å². The van der Waals surface area contributed by atoms with Crippen molar-refractivity contribution in [1.29, 1.82) is 0 Å². The molecule has 1 aliphatic heterocycles. The first-order valence-corrected chi connectivity index (χ1v) is 8.09. The van der Waals surface area contributed by atoms with Crippen molar-refractivity contribution in [2.45, 2.75) is 6.54 Å². The lowest BCUT2D eigenvalue weighted by atomic mass is 10.2. The zero-order valence-electron chi connectivity index (χ0n) is 11.7. The van der Waals surface area contributed by atoms with E-state index in [2.05, 4.69) is 39.7 Å². The number of hydrogen-bond acceptors (Lipinski definition) is 4. The van der Waals surface area contributed by atoms with Crippen LogP contribution in [0.5, 0.6) is 0 Å². The van der Waals surface area contributed by atoms with Crippen molar-refractivity contribution >= 4 is 22.2 Å². The lowest BCUT2D eigenvalue weighted by molar-refractivity contribution is 0.0337. The summed E-state index contributed by atoms with van der Waals surface area (Å²) in [5.74, 6) is 0. The summed E-state index contributed by atoms with van der Waals surface area (Å²) in [6.45, 7) is 4.58. The molecule has 0 bridgehead atoms. The van der Waals surface area contributed by atoms with Gasteiger partial charge in [0.1, 0.15) is 5.01 Å². The Morgan fingerprint density at radius 2 is 2.10 bits per heavy atom. The SMILES string of the molecule is c1ccc2c(-c3nc(CN4CCOCC4)cs3)c[nH]c2c1. The Bertz CT molecular complexity index is 743. The van der Waals surface area contributed by atoms with Gasteiger partial charge in [-0.1, -0.05) is 18.2 Å². The van der Waals surface area contributed by atoms with E-state index in [4.69, 9.17) is 9.72 Å². The molecule has 0 spiro atoms. The smallest absolute Gasteiger partial charge is 0.125 e. The summed E-state index contributed by atoms with van der Waals surface area (Å²) in [5, 5.41) is 4.51. The normalized spacial score (nSPS) is 16.6. The van der Waals surface area contributed by atoms with Crippen LogP contribution in [-0.4, -0.2) is 41.2 Å². The lowest BCUT2D eigenvalue weighted by Crippen LogP contribution is -2.35. The molecule has 4 nitrogen and oxygen atoms in total. The summed E-state index contributed by atoms with van der Waals surface area (Å²) >= 11 is 1.72. The average Bonchev–Trinajstić information content (AvgIpc) is 3.14. The second-order valence-corrected chi connectivity index (χ2v) is 6.14. The standard InChI is InChI=1S/C16H17N3OS/c1-2-4-15-13(3-1)14(9-17-15)16-18-12(11-21-16)10-19-5-7-20-8-6-19/h1-4,9,11,17H,5-8,10H2. The number of para-hydroxylation sites is 1. The van der Waals surface area contributed by atoms with Gasteiger partial charge in [-0.3, -0.25) is 4.90 Å². The molecule has 3 heterocycles. The van der Waals surface area contributed by atoms with Crippen LogP contribution < -0.4 is 0 Å². The number of nitrogens with zero attached hydrogens (tertiary/aromatic N) is 2. The second kappa shape index (κ2) is 5.60. The maximum Gasteiger partial charge on any atom is 0.125 e. The van der Waals surface area contributed by atoms with Crippen LogP contribution in [0.1, 0.15) is 5.69 Å². The maximum atomic E-state index is 5.39. The maximum absolute atomic E-state index is 5.39. The third kappa shape index (κ3) is 2.60. The van der Waals surface area contributed by atoms with E-state index < -0.39 is 0 Å². The number of H-pyrrole nitrogens is 1. The number of benzene rings is 1. The Kier molecular flexibility index (Phi) is 3.47. The fourth-order valence-electron chi connectivity index (χ4n) is 2.74. The molecule has 1 saturated heterocycles. The van der Waals surface area contributed by atoms with Crippen LogP contribution in [0.3, 0.4) is 0 Å². The Morgan fingerprint density at radius 3 is 3.00 bits per heavy atom. The lowest BCUT2D eigenvalue weighted by Gasteiger charge is -2.25. The number of ether oxygens (including phenoxy) is 1. The Balaban J connectivity index is 1.59. The summed E-state index contributed by atoms with van der Waals surface area (Å²) in [6.07, 6.45) is 2.06. The number of rotatable bonds is 3. The molecule has 21 heavy (non-hydrogen) atoms. The van der Waals surface area contributed by atoms with E-state index >= 15 is 0 Å². The summed E-state index contributed by atoms with van der Waals surface area (Å²) in [5.41, 5.74) is 3.52. The van der Waals surface area contributed by atoms with Gasteiger partial charge in [0.05, 0.1) is 18.9 Å². The molecule has 0 aliphatic carbocycles. The Labute approximate surface area is 127 Å². The highest BCUT2D eigenvalue weighted by molar-refractivity contribution is 7.13. The van der Waals surface area contributed by atoms with Crippen molar-refractivity contribution in [3.05, 3.63) is 41.5 Å². The molecular formula is C16H17N3OS. The molecule has 1 aromatic carbocycles. The van der Waals surface area contributed by atoms with E-state index in [9.17, 15) is 0 Å². The molecule has 2 aromatic heterocycles. The quantitative estimate of drug-likeness (QED) is 0.808. The van der Waals surface area contributed by atoms with Crippen molar-refractivity contribution < 1.29 is 4.74 Å². The van der Waals surface area contributed by atoms with Gasteiger partial charge in [0.2, 0.25) is 0 Å². The minimum absolute atomic E-state index is 0.833. The van der Waals surface area contributed by atoms with Gasteiger partial charge in [-0.25, -0.2) is 4.98 Å². The number of nitrogens with one attached hydrogen (secondary N) is 1. The van der Waals surface area contributed by atoms with Gasteiger partial charge in [-0.2, -0.15) is 0 Å². The molecule has 5 heteroatoms. The second-order valence-electron chi connectivity index (χ2n) is 5.28. The number of morpholine rings is 1. The van der Waals surface area contributed by atoms with Gasteiger partial charge < -0.3 is 9.72 Å². The van der Waals surface area contributed by atoms with Crippen LogP contribution in [-0.2, 0) is 11.3 Å². The van der Waals surface area contributed by atoms with E-state index in [0.717, 1.165) is 49.1 Å². The summed E-state index contributed by atoms with van der Waals surface area (Å²) in [4.78, 5) is 10.5. The number of aromatic nitrogens is 2. The fraction of sp³-hybridized carbons (Fsp3) is 0.312. The Morgan fingerprint density at radius 1 is 1.24 bits per heavy atom. The topological polar surface area (TPSA) is 41.2 Å². The highest BCUT2D eigenvalue weighted by atomic mass is 32.1. The summed E-state index contributed by atoms with van der Waals surface area (Å²) in [7, 11) is 0. The van der Waals surface area contributed by atoms with Gasteiger partial charge in [0.15, 0.2) is 0 Å². The number of thiazole rings is 1. The molecule has 3 aromatic rings. The number of hydrogen-bond donors (Lipinski definition) is 1. The monoisotopic (exact) mass is 299 g/mol.